The van der Waals surface area contributed by atoms with Crippen LogP contribution in [0.25, 0.3) is 0 Å². The van der Waals surface area contributed by atoms with Gasteiger partial charge in [0.25, 0.3) is 0 Å². The van der Waals surface area contributed by atoms with Gasteiger partial charge in [0.2, 0.25) is 0 Å². The molecule has 0 atom stereocenters. The van der Waals surface area contributed by atoms with Crippen molar-refractivity contribution in [3.8, 4) is 23.0 Å². The fourth-order valence-corrected chi connectivity index (χ4v) is 5.93. The summed E-state index contributed by atoms with van der Waals surface area (Å²) >= 11 is 3.83. The van der Waals surface area contributed by atoms with E-state index < -0.39 is 0 Å². The fourth-order valence-electron chi connectivity index (χ4n) is 5.46. The quantitative estimate of drug-likeness (QED) is 0.144. The molecule has 0 radical (unpaired) electrons. The summed E-state index contributed by atoms with van der Waals surface area (Å²) in [4.78, 5) is 4.55. The van der Waals surface area contributed by atoms with Crippen molar-refractivity contribution in [2.45, 2.75) is 0 Å². The third kappa shape index (κ3) is 6.91. The molecule has 0 saturated carbocycles. The maximum Gasteiger partial charge on any atom is 0.127 e. The summed E-state index contributed by atoms with van der Waals surface area (Å²) in [5.41, 5.74) is 6.05. The van der Waals surface area contributed by atoms with E-state index in [1.54, 1.807) is 0 Å². The zero-order valence-electron chi connectivity index (χ0n) is 25.5. The molecule has 0 bridgehead atoms. The number of benzene rings is 7. The van der Waals surface area contributed by atoms with Crippen LogP contribution in [0.1, 0.15) is 0 Å². The normalized spacial score (nSPS) is 10.7. The Balaban J connectivity index is 1.34. The molecule has 7 aromatic rings. The third-order valence-corrected chi connectivity index (χ3v) is 8.29. The van der Waals surface area contributed by atoms with E-state index in [-0.39, 0.29) is 0 Å². The summed E-state index contributed by atoms with van der Waals surface area (Å²) in [7, 11) is 0. The lowest BCUT2D eigenvalue weighted by Gasteiger charge is -2.33. The molecular weight excluding hydrogens is 644 g/mol. The van der Waals surface area contributed by atoms with E-state index in [4.69, 9.17) is 9.47 Å². The molecule has 7 rings (SSSR count). The summed E-state index contributed by atoms with van der Waals surface area (Å²) in [6, 6.07) is 63.3. The maximum absolute atomic E-state index is 6.14. The second-order valence-electron chi connectivity index (χ2n) is 10.8. The SMILES string of the molecule is Brc1ccccc1N(c1ccccc1)c1ccccc1N(c1ccc(Oc2ccccc2)cc1)c1ccc(Oc2ccccc2)cc1. The van der Waals surface area contributed by atoms with E-state index in [2.05, 4.69) is 117 Å². The van der Waals surface area contributed by atoms with E-state index in [0.717, 1.165) is 61.6 Å². The van der Waals surface area contributed by atoms with Crippen molar-refractivity contribution in [2.75, 3.05) is 9.80 Å². The van der Waals surface area contributed by atoms with Crippen LogP contribution in [0, 0.1) is 0 Å². The van der Waals surface area contributed by atoms with Crippen LogP contribution in [0.2, 0.25) is 0 Å². The molecule has 0 N–H and O–H groups in total. The first-order valence-corrected chi connectivity index (χ1v) is 16.2. The van der Waals surface area contributed by atoms with Gasteiger partial charge in [0, 0.05) is 21.5 Å². The summed E-state index contributed by atoms with van der Waals surface area (Å²) in [5.74, 6) is 3.12. The van der Waals surface area contributed by atoms with E-state index in [1.807, 2.05) is 97.1 Å². The first-order valence-electron chi connectivity index (χ1n) is 15.4. The van der Waals surface area contributed by atoms with Crippen molar-refractivity contribution in [1.29, 1.82) is 0 Å². The lowest BCUT2D eigenvalue weighted by molar-refractivity contribution is 0.482. The van der Waals surface area contributed by atoms with E-state index >= 15 is 0 Å². The lowest BCUT2D eigenvalue weighted by atomic mass is 10.1. The van der Waals surface area contributed by atoms with Crippen LogP contribution in [0.15, 0.2) is 193 Å². The average Bonchev–Trinajstić information content (AvgIpc) is 3.13. The summed E-state index contributed by atoms with van der Waals surface area (Å²) in [6.45, 7) is 0. The van der Waals surface area contributed by atoms with Crippen LogP contribution in [-0.4, -0.2) is 0 Å². The minimum absolute atomic E-state index is 0.763. The van der Waals surface area contributed by atoms with Crippen molar-refractivity contribution in [3.63, 3.8) is 0 Å². The van der Waals surface area contributed by atoms with Crippen molar-refractivity contribution >= 4 is 50.1 Å². The van der Waals surface area contributed by atoms with Crippen molar-refractivity contribution in [3.05, 3.63) is 193 Å². The number of para-hydroxylation sites is 6. The Kier molecular flexibility index (Phi) is 8.98. The van der Waals surface area contributed by atoms with Gasteiger partial charge >= 0.3 is 0 Å². The number of nitrogens with zero attached hydrogens (tertiary/aromatic N) is 2. The maximum atomic E-state index is 6.14. The minimum atomic E-state index is 0.763. The molecule has 0 fully saturated rings. The molecule has 0 aliphatic rings. The Morgan fingerprint density at radius 2 is 0.638 bits per heavy atom. The Morgan fingerprint density at radius 1 is 0.298 bits per heavy atom. The Labute approximate surface area is 283 Å². The number of hydrogen-bond acceptors (Lipinski definition) is 4. The Bertz CT molecular complexity index is 1950. The number of anilines is 6. The van der Waals surface area contributed by atoms with Crippen LogP contribution in [0.4, 0.5) is 34.1 Å². The zero-order chi connectivity index (χ0) is 31.8. The van der Waals surface area contributed by atoms with Crippen LogP contribution in [0.5, 0.6) is 23.0 Å². The van der Waals surface area contributed by atoms with E-state index in [1.165, 1.54) is 0 Å². The van der Waals surface area contributed by atoms with E-state index in [0.29, 0.717) is 0 Å². The number of hydrogen-bond donors (Lipinski definition) is 0. The highest BCUT2D eigenvalue weighted by Gasteiger charge is 2.23. The van der Waals surface area contributed by atoms with Gasteiger partial charge in [0.05, 0.1) is 17.1 Å². The van der Waals surface area contributed by atoms with Gasteiger partial charge in [0.15, 0.2) is 0 Å². The van der Waals surface area contributed by atoms with Crippen LogP contribution in [-0.2, 0) is 0 Å². The first-order chi connectivity index (χ1) is 23.2. The van der Waals surface area contributed by atoms with Gasteiger partial charge < -0.3 is 19.3 Å². The highest BCUT2D eigenvalue weighted by molar-refractivity contribution is 9.10. The highest BCUT2D eigenvalue weighted by Crippen LogP contribution is 2.47. The second kappa shape index (κ2) is 14.1. The predicted molar refractivity (Wildman–Crippen MR) is 197 cm³/mol. The summed E-state index contributed by atoms with van der Waals surface area (Å²) in [5, 5.41) is 0. The van der Waals surface area contributed by atoms with Gasteiger partial charge in [-0.3, -0.25) is 0 Å². The summed E-state index contributed by atoms with van der Waals surface area (Å²) < 4.78 is 13.3. The highest BCUT2D eigenvalue weighted by atomic mass is 79.9. The van der Waals surface area contributed by atoms with Gasteiger partial charge in [-0.25, -0.2) is 0 Å². The Morgan fingerprint density at radius 3 is 1.11 bits per heavy atom. The van der Waals surface area contributed by atoms with Crippen LogP contribution >= 0.6 is 15.9 Å². The molecule has 0 heterocycles. The molecule has 47 heavy (non-hydrogen) atoms. The van der Waals surface area contributed by atoms with Crippen molar-refractivity contribution in [2.24, 2.45) is 0 Å². The molecule has 5 heteroatoms. The molecule has 228 valence electrons. The Hall–Kier alpha value is -5.78. The smallest absolute Gasteiger partial charge is 0.127 e. The molecule has 0 unspecified atom stereocenters. The minimum Gasteiger partial charge on any atom is -0.457 e. The van der Waals surface area contributed by atoms with Gasteiger partial charge in [-0.2, -0.15) is 0 Å². The van der Waals surface area contributed by atoms with Crippen LogP contribution in [0.3, 0.4) is 0 Å². The summed E-state index contributed by atoms with van der Waals surface area (Å²) in [6.07, 6.45) is 0. The number of rotatable bonds is 10. The molecular formula is C42H31BrN2O2. The molecule has 4 nitrogen and oxygen atoms in total. The van der Waals surface area contributed by atoms with Gasteiger partial charge in [-0.1, -0.05) is 78.9 Å². The topological polar surface area (TPSA) is 24.9 Å². The molecule has 0 amide bonds. The van der Waals surface area contributed by atoms with E-state index in [9.17, 15) is 0 Å². The van der Waals surface area contributed by atoms with Gasteiger partial charge in [0.1, 0.15) is 23.0 Å². The van der Waals surface area contributed by atoms with Crippen molar-refractivity contribution < 1.29 is 9.47 Å². The fraction of sp³-hybridized carbons (Fsp3) is 0. The van der Waals surface area contributed by atoms with Gasteiger partial charge in [-0.05, 0) is 125 Å². The number of halogens is 1. The molecule has 0 aromatic heterocycles. The molecule has 0 saturated heterocycles. The predicted octanol–water partition coefficient (Wildman–Crippen LogP) is 13.0. The lowest BCUT2D eigenvalue weighted by Crippen LogP contribution is -2.17. The first kappa shape index (κ1) is 29.9. The average molecular weight is 676 g/mol. The molecule has 0 aliphatic heterocycles. The molecule has 0 spiro atoms. The second-order valence-corrected chi connectivity index (χ2v) is 11.6. The standard InChI is InChI=1S/C42H31BrN2O2/c43-39-20-10-11-21-40(39)45(32-14-4-1-5-15-32)42-23-13-12-22-41(42)44(33-24-28-37(29-25-33)46-35-16-6-2-7-17-35)34-26-30-38(31-27-34)47-36-18-8-3-9-19-36/h1-31H. The largest absolute Gasteiger partial charge is 0.457 e. The van der Waals surface area contributed by atoms with Crippen molar-refractivity contribution in [1.82, 2.24) is 0 Å². The monoisotopic (exact) mass is 674 g/mol. The third-order valence-electron chi connectivity index (χ3n) is 7.62. The molecule has 0 aliphatic carbocycles. The molecule has 7 aromatic carbocycles. The van der Waals surface area contributed by atoms with Crippen LogP contribution < -0.4 is 19.3 Å². The number of ether oxygens (including phenoxy) is 2. The van der Waals surface area contributed by atoms with Gasteiger partial charge in [-0.15, -0.1) is 0 Å². The zero-order valence-corrected chi connectivity index (χ0v) is 27.1.